The third-order valence-electron chi connectivity index (χ3n) is 8.53. The second-order valence-corrected chi connectivity index (χ2v) is 11.7. The molecule has 0 radical (unpaired) electrons. The highest BCUT2D eigenvalue weighted by Gasteiger charge is 2.48. The topological polar surface area (TPSA) is 93.2 Å². The number of hydrogen-bond acceptors (Lipinski definition) is 5. The number of urea groups is 1. The fourth-order valence-corrected chi connectivity index (χ4v) is 6.35. The monoisotopic (exact) mass is 616 g/mol. The number of hydrogen-bond donors (Lipinski definition) is 2. The van der Waals surface area contributed by atoms with E-state index in [2.05, 4.69) is 11.9 Å². The fourth-order valence-electron chi connectivity index (χ4n) is 6.35. The van der Waals surface area contributed by atoms with E-state index in [0.717, 1.165) is 17.2 Å². The van der Waals surface area contributed by atoms with Crippen LogP contribution in [0.4, 0.5) is 13.6 Å². The van der Waals surface area contributed by atoms with Gasteiger partial charge in [-0.15, -0.1) is 6.58 Å². The van der Waals surface area contributed by atoms with Crippen LogP contribution in [0.3, 0.4) is 0 Å². The van der Waals surface area contributed by atoms with Crippen LogP contribution in [0.2, 0.25) is 0 Å². The van der Waals surface area contributed by atoms with E-state index in [1.807, 2.05) is 30.3 Å². The number of aromatic hydroxyl groups is 1. The molecule has 3 atom stereocenters. The van der Waals surface area contributed by atoms with Crippen LogP contribution < -0.4 is 5.32 Å². The van der Waals surface area contributed by atoms with E-state index in [-0.39, 0.29) is 55.8 Å². The summed E-state index contributed by atoms with van der Waals surface area (Å²) in [7, 11) is 0. The quantitative estimate of drug-likeness (QED) is 0.299. The third kappa shape index (κ3) is 7.75. The number of aryl methyl sites for hydroxylation is 1. The lowest BCUT2D eigenvalue weighted by atomic mass is 9.90. The van der Waals surface area contributed by atoms with Crippen LogP contribution in [0.5, 0.6) is 5.75 Å². The van der Waals surface area contributed by atoms with E-state index in [9.17, 15) is 28.3 Å². The molecule has 5 rings (SSSR count). The standard InChI is InChI=1S/C35H38F2N4O4/c1-2-17-39-23-34(44)40-31(18-24-11-15-29(42)16-12-24)32(43)19-26(9-6-10-27-13-14-28(36)21-30(27)37)20-33(40)41(39)35(45)38-22-25-7-4-3-5-8-25/h2-5,7-8,11-16,21,26,31,33,42H,1,6,9-10,17-20,22-23H2,(H,38,45)/t26?,31-,33-/m0/s1. The molecule has 2 N–H and O–H groups in total. The smallest absolute Gasteiger partial charge is 0.334 e. The third-order valence-corrected chi connectivity index (χ3v) is 8.53. The molecule has 10 heteroatoms. The molecule has 1 unspecified atom stereocenters. The number of amides is 3. The van der Waals surface area contributed by atoms with E-state index >= 15 is 0 Å². The van der Waals surface area contributed by atoms with Crippen LogP contribution in [0.1, 0.15) is 42.4 Å². The molecule has 2 heterocycles. The second-order valence-electron chi connectivity index (χ2n) is 11.7. The molecule has 2 saturated heterocycles. The molecule has 0 aromatic heterocycles. The maximum absolute atomic E-state index is 14.3. The zero-order chi connectivity index (χ0) is 31.9. The molecule has 3 aromatic carbocycles. The number of nitrogens with zero attached hydrogens (tertiary/aromatic N) is 3. The lowest BCUT2D eigenvalue weighted by Crippen LogP contribution is -2.70. The number of carbonyl (C=O) groups excluding carboxylic acids is 3. The molecule has 0 spiro atoms. The van der Waals surface area contributed by atoms with Crippen molar-refractivity contribution >= 4 is 17.7 Å². The molecule has 2 aliphatic rings. The first kappa shape index (κ1) is 31.8. The Labute approximate surface area is 261 Å². The number of ketones is 1. The number of halogens is 2. The summed E-state index contributed by atoms with van der Waals surface area (Å²) in [5.74, 6) is -1.72. The summed E-state index contributed by atoms with van der Waals surface area (Å²) in [6, 6.07) is 18.3. The van der Waals surface area contributed by atoms with Crippen molar-refractivity contribution in [1.82, 2.24) is 20.2 Å². The van der Waals surface area contributed by atoms with Gasteiger partial charge in [-0.3, -0.25) is 9.59 Å². The van der Waals surface area contributed by atoms with Gasteiger partial charge in [0.05, 0.1) is 12.6 Å². The fraction of sp³-hybridized carbons (Fsp3) is 0.343. The number of hydrazine groups is 1. The van der Waals surface area contributed by atoms with E-state index < -0.39 is 29.9 Å². The van der Waals surface area contributed by atoms with Crippen molar-refractivity contribution < 1.29 is 28.3 Å². The Morgan fingerprint density at radius 1 is 1.02 bits per heavy atom. The van der Waals surface area contributed by atoms with E-state index in [1.165, 1.54) is 12.1 Å². The lowest BCUT2D eigenvalue weighted by molar-refractivity contribution is -0.172. The minimum Gasteiger partial charge on any atom is -0.508 e. The number of fused-ring (bicyclic) bond motifs is 1. The molecule has 0 saturated carbocycles. The van der Waals surface area contributed by atoms with Crippen molar-refractivity contribution in [2.75, 3.05) is 13.1 Å². The number of Topliss-reactive ketones (excluding diaryl/α,β-unsaturated/α-hetero) is 1. The van der Waals surface area contributed by atoms with Gasteiger partial charge in [0, 0.05) is 32.0 Å². The first-order valence-electron chi connectivity index (χ1n) is 15.3. The number of phenols is 1. The largest absolute Gasteiger partial charge is 0.508 e. The molecular formula is C35H38F2N4O4. The molecule has 3 aromatic rings. The Morgan fingerprint density at radius 2 is 1.78 bits per heavy atom. The average molecular weight is 617 g/mol. The molecular weight excluding hydrogens is 578 g/mol. The lowest BCUT2D eigenvalue weighted by Gasteiger charge is -2.50. The van der Waals surface area contributed by atoms with Gasteiger partial charge in [-0.2, -0.15) is 0 Å². The molecule has 0 aliphatic carbocycles. The number of phenolic OH excluding ortho intramolecular Hbond substituents is 1. The molecule has 2 aliphatic heterocycles. The van der Waals surface area contributed by atoms with Crippen molar-refractivity contribution in [2.24, 2.45) is 5.92 Å². The van der Waals surface area contributed by atoms with Gasteiger partial charge < -0.3 is 15.3 Å². The van der Waals surface area contributed by atoms with E-state index in [0.29, 0.717) is 31.2 Å². The van der Waals surface area contributed by atoms with Crippen molar-refractivity contribution in [3.63, 3.8) is 0 Å². The predicted octanol–water partition coefficient (Wildman–Crippen LogP) is 5.37. The van der Waals surface area contributed by atoms with Gasteiger partial charge in [0.15, 0.2) is 5.78 Å². The zero-order valence-electron chi connectivity index (χ0n) is 25.1. The maximum Gasteiger partial charge on any atom is 0.334 e. The summed E-state index contributed by atoms with van der Waals surface area (Å²) >= 11 is 0. The van der Waals surface area contributed by atoms with Gasteiger partial charge in [0.1, 0.15) is 23.5 Å². The average Bonchev–Trinajstić information content (AvgIpc) is 3.15. The van der Waals surface area contributed by atoms with Gasteiger partial charge in [-0.25, -0.2) is 23.6 Å². The number of rotatable bonds is 10. The van der Waals surface area contributed by atoms with E-state index in [4.69, 9.17) is 0 Å². The SMILES string of the molecule is C=CCN1CC(=O)N2[C@@H](Cc3ccc(O)cc3)C(=O)CC(CCCc3ccc(F)cc3F)C[C@@H]2N1C(=O)NCc1ccccc1. The highest BCUT2D eigenvalue weighted by Crippen LogP contribution is 2.35. The summed E-state index contributed by atoms with van der Waals surface area (Å²) < 4.78 is 27.7. The summed E-state index contributed by atoms with van der Waals surface area (Å²) in [4.78, 5) is 43.2. The summed E-state index contributed by atoms with van der Waals surface area (Å²) in [6.45, 7) is 4.25. The van der Waals surface area contributed by atoms with Crippen molar-refractivity contribution in [2.45, 2.75) is 57.3 Å². The molecule has 8 nitrogen and oxygen atoms in total. The maximum atomic E-state index is 14.3. The highest BCUT2D eigenvalue weighted by molar-refractivity contribution is 5.92. The van der Waals surface area contributed by atoms with Gasteiger partial charge in [-0.1, -0.05) is 54.6 Å². The van der Waals surface area contributed by atoms with Gasteiger partial charge in [0.25, 0.3) is 0 Å². The Morgan fingerprint density at radius 3 is 2.49 bits per heavy atom. The molecule has 236 valence electrons. The van der Waals surface area contributed by atoms with Crippen molar-refractivity contribution in [3.8, 4) is 5.75 Å². The predicted molar refractivity (Wildman–Crippen MR) is 166 cm³/mol. The Kier molecular flexibility index (Phi) is 10.2. The molecule has 45 heavy (non-hydrogen) atoms. The molecule has 2 fully saturated rings. The normalized spacial score (nSPS) is 20.4. The van der Waals surface area contributed by atoms with Crippen LogP contribution in [0, 0.1) is 17.6 Å². The Hall–Kier alpha value is -4.57. The van der Waals surface area contributed by atoms with Crippen LogP contribution in [-0.2, 0) is 29.0 Å². The molecule has 3 amide bonds. The number of nitrogens with one attached hydrogen (secondary N) is 1. The van der Waals surface area contributed by atoms with Crippen LogP contribution in [-0.4, -0.2) is 63.0 Å². The second kappa shape index (κ2) is 14.5. The van der Waals surface area contributed by atoms with Gasteiger partial charge in [-0.05, 0) is 66.5 Å². The van der Waals surface area contributed by atoms with Gasteiger partial charge in [0.2, 0.25) is 5.91 Å². The Balaban J connectivity index is 1.44. The Bertz CT molecular complexity index is 1520. The van der Waals surface area contributed by atoms with Crippen molar-refractivity contribution in [1.29, 1.82) is 0 Å². The zero-order valence-corrected chi connectivity index (χ0v) is 25.1. The summed E-state index contributed by atoms with van der Waals surface area (Å²) in [5, 5.41) is 16.0. The van der Waals surface area contributed by atoms with Crippen molar-refractivity contribution in [3.05, 3.63) is 114 Å². The molecule has 0 bridgehead atoms. The summed E-state index contributed by atoms with van der Waals surface area (Å²) in [5.41, 5.74) is 2.09. The minimum absolute atomic E-state index is 0.0943. The first-order chi connectivity index (χ1) is 21.7. The number of benzene rings is 3. The van der Waals surface area contributed by atoms with Crippen LogP contribution in [0.25, 0.3) is 0 Å². The minimum atomic E-state index is -0.818. The van der Waals surface area contributed by atoms with Gasteiger partial charge >= 0.3 is 6.03 Å². The first-order valence-corrected chi connectivity index (χ1v) is 15.3. The number of carbonyl (C=O) groups is 3. The highest BCUT2D eigenvalue weighted by atomic mass is 19.1. The van der Waals surface area contributed by atoms with Crippen LogP contribution in [0.15, 0.2) is 85.5 Å². The van der Waals surface area contributed by atoms with Crippen LogP contribution >= 0.6 is 0 Å². The van der Waals surface area contributed by atoms with E-state index in [1.54, 1.807) is 45.3 Å². The summed E-state index contributed by atoms with van der Waals surface area (Å²) in [6.07, 6.45) is 3.11.